The van der Waals surface area contributed by atoms with Crippen LogP contribution in [0.1, 0.15) is 34.6 Å². The van der Waals surface area contributed by atoms with Crippen LogP contribution in [0.5, 0.6) is 0 Å². The van der Waals surface area contributed by atoms with Gasteiger partial charge >= 0.3 is 11.7 Å². The molecular formula is C18H19BrFN3O5. The van der Waals surface area contributed by atoms with Gasteiger partial charge in [0.05, 0.1) is 5.56 Å². The van der Waals surface area contributed by atoms with Crippen LogP contribution in [0.15, 0.2) is 32.3 Å². The summed E-state index contributed by atoms with van der Waals surface area (Å²) in [5, 5.41) is 0. The molecule has 8 nitrogen and oxygen atoms in total. The maximum absolute atomic E-state index is 13.1. The van der Waals surface area contributed by atoms with Crippen molar-refractivity contribution in [2.24, 2.45) is 13.0 Å². The zero-order chi connectivity index (χ0) is 21.2. The van der Waals surface area contributed by atoms with Crippen LogP contribution >= 0.6 is 15.9 Å². The molecule has 0 amide bonds. The zero-order valence-corrected chi connectivity index (χ0v) is 17.1. The average molecular weight is 456 g/mol. The number of halogens is 2. The first-order valence-electron chi connectivity index (χ1n) is 8.29. The number of benzene rings is 1. The van der Waals surface area contributed by atoms with Crippen molar-refractivity contribution < 1.29 is 18.7 Å². The van der Waals surface area contributed by atoms with E-state index in [4.69, 9.17) is 10.5 Å². The largest absolute Gasteiger partial charge is 0.454 e. The van der Waals surface area contributed by atoms with E-state index in [2.05, 4.69) is 15.9 Å². The molecule has 0 aliphatic rings. The fraction of sp³-hybridized carbons (Fsp3) is 0.333. The van der Waals surface area contributed by atoms with Gasteiger partial charge in [-0.1, -0.05) is 13.8 Å². The summed E-state index contributed by atoms with van der Waals surface area (Å²) in [7, 11) is 1.24. The van der Waals surface area contributed by atoms with E-state index in [-0.39, 0.29) is 28.3 Å². The van der Waals surface area contributed by atoms with E-state index >= 15 is 0 Å². The van der Waals surface area contributed by atoms with Crippen LogP contribution in [0.2, 0.25) is 0 Å². The van der Waals surface area contributed by atoms with Gasteiger partial charge in [0.2, 0.25) is 5.78 Å². The van der Waals surface area contributed by atoms with Crippen molar-refractivity contribution in [3.8, 4) is 0 Å². The molecule has 150 valence electrons. The predicted molar refractivity (Wildman–Crippen MR) is 104 cm³/mol. The second-order valence-corrected chi connectivity index (χ2v) is 7.39. The molecule has 1 heterocycles. The summed E-state index contributed by atoms with van der Waals surface area (Å²) < 4.78 is 20.1. The second kappa shape index (κ2) is 8.51. The summed E-state index contributed by atoms with van der Waals surface area (Å²) in [5.74, 6) is -2.52. The van der Waals surface area contributed by atoms with Gasteiger partial charge in [0.15, 0.2) is 6.61 Å². The molecule has 0 aliphatic carbocycles. The minimum atomic E-state index is -0.883. The number of nitrogens with zero attached hydrogens (tertiary/aromatic N) is 2. The maximum atomic E-state index is 13.1. The third kappa shape index (κ3) is 4.38. The number of esters is 1. The first kappa shape index (κ1) is 21.5. The molecule has 0 unspecified atom stereocenters. The Labute approximate surface area is 167 Å². The Hall–Kier alpha value is -2.75. The lowest BCUT2D eigenvalue weighted by Gasteiger charge is -2.16. The van der Waals surface area contributed by atoms with E-state index in [1.54, 1.807) is 0 Å². The minimum absolute atomic E-state index is 0.0138. The van der Waals surface area contributed by atoms with Gasteiger partial charge in [-0.05, 0) is 40.0 Å². The van der Waals surface area contributed by atoms with E-state index in [0.29, 0.717) is 0 Å². The summed E-state index contributed by atoms with van der Waals surface area (Å²) in [6.45, 7) is 3.14. The van der Waals surface area contributed by atoms with Crippen LogP contribution in [0.4, 0.5) is 10.2 Å². The lowest BCUT2D eigenvalue weighted by molar-refractivity contribution is 0.0473. The number of carbonyl (C=O) groups excluding carboxylic acids is 2. The van der Waals surface area contributed by atoms with Crippen LogP contribution in [-0.4, -0.2) is 27.5 Å². The molecular weight excluding hydrogens is 437 g/mol. The molecule has 1 aromatic heterocycles. The number of anilines is 1. The maximum Gasteiger partial charge on any atom is 0.339 e. The van der Waals surface area contributed by atoms with Crippen LogP contribution in [-0.2, 0) is 18.3 Å². The lowest BCUT2D eigenvalue weighted by atomic mass is 10.1. The minimum Gasteiger partial charge on any atom is -0.454 e. The number of rotatable bonds is 6. The fourth-order valence-electron chi connectivity index (χ4n) is 2.52. The molecule has 2 N–H and O–H groups in total. The number of hydrogen-bond donors (Lipinski definition) is 1. The van der Waals surface area contributed by atoms with Gasteiger partial charge in [-0.25, -0.2) is 14.0 Å². The molecule has 2 aromatic rings. The summed E-state index contributed by atoms with van der Waals surface area (Å²) >= 11 is 3.04. The lowest BCUT2D eigenvalue weighted by Crippen LogP contribution is -2.43. The summed E-state index contributed by atoms with van der Waals surface area (Å²) in [6, 6.07) is 3.34. The molecule has 0 saturated heterocycles. The first-order valence-corrected chi connectivity index (χ1v) is 9.08. The van der Waals surface area contributed by atoms with Crippen LogP contribution in [0.25, 0.3) is 0 Å². The molecule has 0 fully saturated rings. The SMILES string of the molecule is CC(C)Cn1c(N)c(C(=O)COC(=O)c2ccc(F)cc2Br)c(=O)n(C)c1=O. The predicted octanol–water partition coefficient (Wildman–Crippen LogP) is 1.73. The van der Waals surface area contributed by atoms with Gasteiger partial charge in [-0.2, -0.15) is 0 Å². The van der Waals surface area contributed by atoms with Crippen molar-refractivity contribution in [2.45, 2.75) is 20.4 Å². The van der Waals surface area contributed by atoms with E-state index in [1.165, 1.54) is 13.1 Å². The fourth-order valence-corrected chi connectivity index (χ4v) is 3.04. The molecule has 0 spiro atoms. The normalized spacial score (nSPS) is 10.9. The highest BCUT2D eigenvalue weighted by atomic mass is 79.9. The van der Waals surface area contributed by atoms with E-state index in [9.17, 15) is 23.6 Å². The van der Waals surface area contributed by atoms with Crippen LogP contribution in [0, 0.1) is 11.7 Å². The molecule has 0 radical (unpaired) electrons. The molecule has 0 bridgehead atoms. The Bertz CT molecular complexity index is 1060. The number of hydrogen-bond acceptors (Lipinski definition) is 6. The molecule has 0 aliphatic heterocycles. The Balaban J connectivity index is 2.31. The number of Topliss-reactive ketones (excluding diaryl/α,β-unsaturated/α-hetero) is 1. The average Bonchev–Trinajstić information content (AvgIpc) is 2.61. The van der Waals surface area contributed by atoms with Crippen molar-refractivity contribution in [3.05, 3.63) is 60.5 Å². The van der Waals surface area contributed by atoms with Crippen molar-refractivity contribution in [3.63, 3.8) is 0 Å². The van der Waals surface area contributed by atoms with E-state index in [0.717, 1.165) is 21.3 Å². The van der Waals surface area contributed by atoms with Crippen LogP contribution in [0.3, 0.4) is 0 Å². The molecule has 28 heavy (non-hydrogen) atoms. The monoisotopic (exact) mass is 455 g/mol. The second-order valence-electron chi connectivity index (χ2n) is 6.53. The number of nitrogens with two attached hydrogens (primary N) is 1. The highest BCUT2D eigenvalue weighted by Crippen LogP contribution is 2.19. The van der Waals surface area contributed by atoms with Crippen molar-refractivity contribution in [2.75, 3.05) is 12.3 Å². The topological polar surface area (TPSA) is 113 Å². The summed E-state index contributed by atoms with van der Waals surface area (Å²) in [4.78, 5) is 49.2. The van der Waals surface area contributed by atoms with E-state index in [1.807, 2.05) is 13.8 Å². The van der Waals surface area contributed by atoms with Gasteiger partial charge < -0.3 is 10.5 Å². The molecule has 10 heteroatoms. The van der Waals surface area contributed by atoms with Gasteiger partial charge in [0, 0.05) is 18.1 Å². The molecule has 0 atom stereocenters. The van der Waals surface area contributed by atoms with Crippen molar-refractivity contribution in [1.29, 1.82) is 0 Å². The molecule has 0 saturated carbocycles. The van der Waals surface area contributed by atoms with Crippen LogP contribution < -0.4 is 17.0 Å². The third-order valence-electron chi connectivity index (χ3n) is 3.90. The van der Waals surface area contributed by atoms with Crippen molar-refractivity contribution >= 4 is 33.5 Å². The zero-order valence-electron chi connectivity index (χ0n) is 15.5. The molecule has 2 rings (SSSR count). The van der Waals surface area contributed by atoms with E-state index < -0.39 is 41.0 Å². The van der Waals surface area contributed by atoms with Gasteiger partial charge in [0.25, 0.3) is 5.56 Å². The first-order chi connectivity index (χ1) is 13.0. The van der Waals surface area contributed by atoms with Gasteiger partial charge in [0.1, 0.15) is 17.2 Å². The highest BCUT2D eigenvalue weighted by molar-refractivity contribution is 9.10. The molecule has 1 aromatic carbocycles. The Morgan fingerprint density at radius 3 is 2.50 bits per heavy atom. The number of ether oxygens (including phenoxy) is 1. The summed E-state index contributed by atoms with van der Waals surface area (Å²) in [5.41, 5.74) is 3.98. The number of aromatic nitrogens is 2. The highest BCUT2D eigenvalue weighted by Gasteiger charge is 2.23. The standard InChI is InChI=1S/C18H19BrFN3O5/c1-9(2)7-23-15(21)14(16(25)22(3)18(23)27)13(24)8-28-17(26)11-5-4-10(20)6-12(11)19/h4-6,9H,7-8,21H2,1-3H3. The van der Waals surface area contributed by atoms with Gasteiger partial charge in [-0.3, -0.25) is 18.7 Å². The van der Waals surface area contributed by atoms with Crippen molar-refractivity contribution in [1.82, 2.24) is 9.13 Å². The third-order valence-corrected chi connectivity index (χ3v) is 4.55. The number of ketones is 1. The Kier molecular flexibility index (Phi) is 6.55. The number of nitrogen functional groups attached to an aromatic ring is 1. The summed E-state index contributed by atoms with van der Waals surface area (Å²) in [6.07, 6.45) is 0. The smallest absolute Gasteiger partial charge is 0.339 e. The Morgan fingerprint density at radius 1 is 1.29 bits per heavy atom. The quantitative estimate of drug-likeness (QED) is 0.523. The van der Waals surface area contributed by atoms with Gasteiger partial charge in [-0.15, -0.1) is 0 Å². The number of carbonyl (C=O) groups is 2. The Morgan fingerprint density at radius 2 is 1.93 bits per heavy atom.